The molecule has 26 heavy (non-hydrogen) atoms. The van der Waals surface area contributed by atoms with E-state index in [0.29, 0.717) is 18.3 Å². The first-order chi connectivity index (χ1) is 12.2. The molecule has 0 aromatic rings. The summed E-state index contributed by atoms with van der Waals surface area (Å²) in [6.45, 7) is 7.97. The summed E-state index contributed by atoms with van der Waals surface area (Å²) in [5.74, 6) is 0.304. The maximum atomic E-state index is 12.0. The van der Waals surface area contributed by atoms with Gasteiger partial charge < -0.3 is 20.4 Å². The highest BCUT2D eigenvalue weighted by Gasteiger charge is 2.65. The topological polar surface area (TPSA) is 90.6 Å². The minimum atomic E-state index is -0.737. The molecule has 0 aliphatic heterocycles. The van der Waals surface area contributed by atoms with E-state index in [-0.39, 0.29) is 16.7 Å². The van der Waals surface area contributed by atoms with Gasteiger partial charge in [0.2, 0.25) is 0 Å². The molecule has 0 heterocycles. The van der Waals surface area contributed by atoms with Gasteiger partial charge in [-0.3, -0.25) is 0 Å². The Morgan fingerprint density at radius 1 is 1.27 bits per heavy atom. The van der Waals surface area contributed by atoms with E-state index >= 15 is 0 Å². The molecule has 3 aliphatic carbocycles. The van der Waals surface area contributed by atoms with Crippen LogP contribution in [-0.2, 0) is 9.53 Å². The Morgan fingerprint density at radius 2 is 1.96 bits per heavy atom. The van der Waals surface area contributed by atoms with Crippen LogP contribution < -0.4 is 0 Å². The van der Waals surface area contributed by atoms with Gasteiger partial charge in [-0.1, -0.05) is 34.1 Å². The Bertz CT molecular complexity index is 580. The van der Waals surface area contributed by atoms with Crippen molar-refractivity contribution >= 4 is 12.2 Å². The fraction of sp³-hybridized carbons (Fsp3) is 0.905. The lowest BCUT2D eigenvalue weighted by Gasteiger charge is -2.62. The van der Waals surface area contributed by atoms with Crippen molar-refractivity contribution in [3.63, 3.8) is 0 Å². The van der Waals surface area contributed by atoms with Gasteiger partial charge in [0, 0.05) is 17.0 Å². The van der Waals surface area contributed by atoms with E-state index in [1.54, 1.807) is 0 Å². The number of rotatable bonds is 3. The van der Waals surface area contributed by atoms with Crippen molar-refractivity contribution in [1.82, 2.24) is 0 Å². The first kappa shape index (κ1) is 19.8. The van der Waals surface area contributed by atoms with Crippen LogP contribution in [0.3, 0.4) is 0 Å². The maximum absolute atomic E-state index is 12.0. The van der Waals surface area contributed by atoms with E-state index in [4.69, 9.17) is 10.1 Å². The van der Waals surface area contributed by atoms with Crippen molar-refractivity contribution in [3.05, 3.63) is 0 Å². The maximum Gasteiger partial charge on any atom is 0.332 e. The van der Waals surface area contributed by atoms with Gasteiger partial charge >= 0.3 is 5.97 Å². The number of ether oxygens (including phenoxy) is 1. The molecule has 0 aromatic heterocycles. The highest BCUT2D eigenvalue weighted by atomic mass is 16.6. The van der Waals surface area contributed by atoms with Crippen molar-refractivity contribution in [2.24, 2.45) is 34.0 Å². The summed E-state index contributed by atoms with van der Waals surface area (Å²) in [4.78, 5) is 12.0. The van der Waals surface area contributed by atoms with E-state index in [1.807, 2.05) is 6.92 Å². The number of aliphatic hydroxyl groups excluding tert-OH is 2. The second-order valence-electron chi connectivity index (χ2n) is 9.71. The largest absolute Gasteiger partial charge is 0.460 e. The molecule has 3 aliphatic rings. The Morgan fingerprint density at radius 3 is 2.58 bits per heavy atom. The zero-order valence-electron chi connectivity index (χ0n) is 16.6. The van der Waals surface area contributed by atoms with Crippen LogP contribution in [0.4, 0.5) is 0 Å². The van der Waals surface area contributed by atoms with Crippen LogP contribution in [0.25, 0.3) is 0 Å². The van der Waals surface area contributed by atoms with Crippen molar-refractivity contribution in [3.8, 4) is 0 Å². The Balaban J connectivity index is 2.15. The molecule has 0 aromatic carbocycles. The lowest BCUT2D eigenvalue weighted by Crippen LogP contribution is -2.62. The summed E-state index contributed by atoms with van der Waals surface area (Å²) in [5, 5.41) is 28.6. The van der Waals surface area contributed by atoms with Crippen LogP contribution in [-0.4, -0.2) is 41.2 Å². The molecule has 0 spiro atoms. The Hall–Kier alpha value is -0.940. The molecule has 5 nitrogen and oxygen atoms in total. The smallest absolute Gasteiger partial charge is 0.332 e. The highest BCUT2D eigenvalue weighted by Crippen LogP contribution is 2.68. The third-order valence-corrected chi connectivity index (χ3v) is 8.79. The Labute approximate surface area is 157 Å². The van der Waals surface area contributed by atoms with Gasteiger partial charge in [-0.25, -0.2) is 4.79 Å². The molecule has 3 N–H and O–H groups in total. The zero-order valence-corrected chi connectivity index (χ0v) is 16.6. The molecule has 0 radical (unpaired) electrons. The zero-order chi connectivity index (χ0) is 19.3. The summed E-state index contributed by atoms with van der Waals surface area (Å²) in [5.41, 5.74) is -0.883. The molecule has 3 fully saturated rings. The Kier molecular flexibility index (Phi) is 5.02. The van der Waals surface area contributed by atoms with Gasteiger partial charge in [0.25, 0.3) is 0 Å². The lowest BCUT2D eigenvalue weighted by atomic mass is 9.44. The predicted octanol–water partition coefficient (Wildman–Crippen LogP) is 3.17. The summed E-state index contributed by atoms with van der Waals surface area (Å²) >= 11 is 0. The minimum absolute atomic E-state index is 0.0508. The molecule has 3 saturated carbocycles. The SMILES string of the molecule is CC1CC[C@@]23CCC[C@H]2[C@]1(C)[C@H](OC(=O)CO)C[C@@](C)(C=N)[C@@H](O)[C@@H]3C. The van der Waals surface area contributed by atoms with Crippen molar-refractivity contribution in [1.29, 1.82) is 5.41 Å². The first-order valence-electron chi connectivity index (χ1n) is 10.2. The number of carbonyl (C=O) groups excluding carboxylic acids is 1. The molecule has 8 atom stereocenters. The number of esters is 1. The number of carbonyl (C=O) groups is 1. The second-order valence-corrected chi connectivity index (χ2v) is 9.71. The molecule has 1 unspecified atom stereocenters. The van der Waals surface area contributed by atoms with Gasteiger partial charge in [-0.05, 0) is 55.3 Å². The third kappa shape index (κ3) is 2.57. The number of aliphatic hydroxyl groups is 2. The van der Waals surface area contributed by atoms with Gasteiger partial charge in [-0.2, -0.15) is 0 Å². The van der Waals surface area contributed by atoms with Crippen LogP contribution >= 0.6 is 0 Å². The summed E-state index contributed by atoms with van der Waals surface area (Å²) < 4.78 is 5.82. The van der Waals surface area contributed by atoms with Crippen LogP contribution in [0.15, 0.2) is 0 Å². The van der Waals surface area contributed by atoms with E-state index in [1.165, 1.54) is 6.21 Å². The fourth-order valence-electron chi connectivity index (χ4n) is 6.92. The minimum Gasteiger partial charge on any atom is -0.460 e. The average molecular weight is 366 g/mol. The molecular weight excluding hydrogens is 330 g/mol. The standard InChI is InChI=1S/C21H35NO4/c1-13-7-9-21-8-5-6-15(21)20(13,4)16(26-17(24)11-23)10-19(3,12-22)18(25)14(21)2/h12-16,18,22-23,25H,5-11H2,1-4H3/t13?,14-,15-,16+,18-,19-,20+,21+/m0/s1. The van der Waals surface area contributed by atoms with Gasteiger partial charge in [0.15, 0.2) is 0 Å². The van der Waals surface area contributed by atoms with E-state index in [9.17, 15) is 15.0 Å². The average Bonchev–Trinajstić information content (AvgIpc) is 3.08. The number of hydrogen-bond acceptors (Lipinski definition) is 5. The van der Waals surface area contributed by atoms with E-state index in [0.717, 1.165) is 32.1 Å². The van der Waals surface area contributed by atoms with Gasteiger partial charge in [0.1, 0.15) is 12.7 Å². The normalized spacial score (nSPS) is 51.1. The molecule has 3 rings (SSSR count). The van der Waals surface area contributed by atoms with Gasteiger partial charge in [-0.15, -0.1) is 0 Å². The summed E-state index contributed by atoms with van der Waals surface area (Å²) in [6, 6.07) is 0. The van der Waals surface area contributed by atoms with Crippen LogP contribution in [0, 0.1) is 39.4 Å². The first-order valence-corrected chi connectivity index (χ1v) is 10.2. The van der Waals surface area contributed by atoms with E-state index < -0.39 is 30.2 Å². The monoisotopic (exact) mass is 365 g/mol. The predicted molar refractivity (Wildman–Crippen MR) is 99.9 cm³/mol. The van der Waals surface area contributed by atoms with Crippen molar-refractivity contribution in [2.45, 2.75) is 78.4 Å². The van der Waals surface area contributed by atoms with Crippen molar-refractivity contribution in [2.75, 3.05) is 6.61 Å². The van der Waals surface area contributed by atoms with Crippen LogP contribution in [0.5, 0.6) is 0 Å². The molecule has 2 bridgehead atoms. The fourth-order valence-corrected chi connectivity index (χ4v) is 6.92. The third-order valence-electron chi connectivity index (χ3n) is 8.79. The van der Waals surface area contributed by atoms with Crippen LogP contribution in [0.1, 0.15) is 66.2 Å². The molecule has 0 saturated heterocycles. The van der Waals surface area contributed by atoms with Crippen molar-refractivity contribution < 1.29 is 19.7 Å². The van der Waals surface area contributed by atoms with Crippen LogP contribution in [0.2, 0.25) is 0 Å². The molecular formula is C21H35NO4. The molecule has 5 heteroatoms. The second kappa shape index (κ2) is 6.59. The molecule has 0 amide bonds. The van der Waals surface area contributed by atoms with Gasteiger partial charge in [0.05, 0.1) is 6.10 Å². The number of nitrogens with one attached hydrogen (secondary N) is 1. The highest BCUT2D eigenvalue weighted by molar-refractivity contribution is 5.71. The summed E-state index contributed by atoms with van der Waals surface area (Å²) in [7, 11) is 0. The summed E-state index contributed by atoms with van der Waals surface area (Å²) in [6.07, 6.45) is 6.28. The van der Waals surface area contributed by atoms with E-state index in [2.05, 4.69) is 20.8 Å². The quantitative estimate of drug-likeness (QED) is 0.529. The lowest BCUT2D eigenvalue weighted by molar-refractivity contribution is -0.206. The number of hydrogen-bond donors (Lipinski definition) is 3. The molecule has 148 valence electrons.